The highest BCUT2D eigenvalue weighted by atomic mass is 32.2. The molecule has 0 N–H and O–H groups in total. The van der Waals surface area contributed by atoms with Crippen LogP contribution in [0.2, 0.25) is 0 Å². The minimum atomic E-state index is -0.242. The number of hydrogen-bond donors (Lipinski definition) is 0. The summed E-state index contributed by atoms with van der Waals surface area (Å²) >= 11 is 0. The summed E-state index contributed by atoms with van der Waals surface area (Å²) in [7, 11) is -0.242. The lowest BCUT2D eigenvalue weighted by atomic mass is 10.2. The largest absolute Gasteiger partial charge is 0.195 e. The van der Waals surface area contributed by atoms with Crippen LogP contribution in [0.15, 0.2) is 11.6 Å². The van der Waals surface area contributed by atoms with Crippen molar-refractivity contribution in [3.63, 3.8) is 0 Å². The molecule has 0 amide bonds. The third kappa shape index (κ3) is 0.677. The van der Waals surface area contributed by atoms with Crippen molar-refractivity contribution in [1.82, 2.24) is 0 Å². The Balaban J connectivity index is 2.40. The van der Waals surface area contributed by atoms with Gasteiger partial charge in [-0.3, -0.25) is 0 Å². The molecule has 1 unspecified atom stereocenters. The van der Waals surface area contributed by atoms with E-state index in [2.05, 4.69) is 24.6 Å². The van der Waals surface area contributed by atoms with Gasteiger partial charge in [-0.25, -0.2) is 0 Å². The summed E-state index contributed by atoms with van der Waals surface area (Å²) in [5.41, 5.74) is 1.58. The minimum absolute atomic E-state index is 0.242. The summed E-state index contributed by atoms with van der Waals surface area (Å²) < 4.78 is 0. The van der Waals surface area contributed by atoms with Crippen LogP contribution in [-0.4, -0.2) is 22.2 Å². The standard InChI is InChI=1S/C8H12S/c1-3-7-4-8-6-9(8,2)5-7/h4-5H,3,6H2,1-2H3. The van der Waals surface area contributed by atoms with Gasteiger partial charge >= 0.3 is 0 Å². The zero-order valence-electron chi connectivity index (χ0n) is 5.98. The molecule has 2 aliphatic rings. The SMILES string of the molecule is CCC1=CC2=S(C)(=C1)C2. The van der Waals surface area contributed by atoms with Gasteiger partial charge in [0.15, 0.2) is 0 Å². The molecule has 0 aromatic heterocycles. The highest BCUT2D eigenvalue weighted by molar-refractivity contribution is 8.37. The Morgan fingerprint density at radius 3 is 2.78 bits per heavy atom. The first-order valence-electron chi connectivity index (χ1n) is 3.42. The molecule has 50 valence electrons. The van der Waals surface area contributed by atoms with Gasteiger partial charge in [-0.15, -0.1) is 0 Å². The van der Waals surface area contributed by atoms with E-state index in [9.17, 15) is 0 Å². The first-order valence-corrected chi connectivity index (χ1v) is 5.69. The molecule has 0 aromatic carbocycles. The molecule has 0 bridgehead atoms. The van der Waals surface area contributed by atoms with Crippen LogP contribution < -0.4 is 0 Å². The zero-order valence-corrected chi connectivity index (χ0v) is 6.79. The Morgan fingerprint density at radius 2 is 2.44 bits per heavy atom. The summed E-state index contributed by atoms with van der Waals surface area (Å²) in [6.45, 7) is 2.23. The topological polar surface area (TPSA) is 0 Å². The van der Waals surface area contributed by atoms with E-state index in [0.29, 0.717) is 0 Å². The molecule has 2 aliphatic heterocycles. The van der Waals surface area contributed by atoms with Crippen LogP contribution in [0.5, 0.6) is 0 Å². The third-order valence-corrected chi connectivity index (χ3v) is 4.96. The van der Waals surface area contributed by atoms with E-state index >= 15 is 0 Å². The minimum Gasteiger partial charge on any atom is -0.195 e. The Bertz CT molecular complexity index is 297. The third-order valence-electron chi connectivity index (χ3n) is 2.12. The molecular formula is C8H12S. The second-order valence-corrected chi connectivity index (χ2v) is 6.32. The van der Waals surface area contributed by atoms with Gasteiger partial charge in [0.05, 0.1) is 0 Å². The summed E-state index contributed by atoms with van der Waals surface area (Å²) in [4.78, 5) is 1.74. The number of rotatable bonds is 1. The van der Waals surface area contributed by atoms with Crippen LogP contribution >= 0.6 is 9.21 Å². The quantitative estimate of drug-likeness (QED) is 0.487. The fraction of sp³-hybridized carbons (Fsp3) is 0.500. The molecule has 2 rings (SSSR count). The van der Waals surface area contributed by atoms with E-state index in [1.165, 1.54) is 12.2 Å². The van der Waals surface area contributed by atoms with Gasteiger partial charge in [0, 0.05) is 5.75 Å². The highest BCUT2D eigenvalue weighted by Crippen LogP contribution is 2.42. The monoisotopic (exact) mass is 140 g/mol. The van der Waals surface area contributed by atoms with E-state index in [-0.39, 0.29) is 9.21 Å². The fourth-order valence-corrected chi connectivity index (χ4v) is 4.05. The first-order chi connectivity index (χ1) is 4.24. The maximum Gasteiger partial charge on any atom is 0.0141 e. The maximum absolute atomic E-state index is 2.50. The van der Waals surface area contributed by atoms with E-state index < -0.39 is 0 Å². The average Bonchev–Trinajstić information content (AvgIpc) is 2.33. The van der Waals surface area contributed by atoms with Crippen molar-refractivity contribution in [3.8, 4) is 0 Å². The van der Waals surface area contributed by atoms with E-state index in [4.69, 9.17) is 0 Å². The molecule has 0 saturated carbocycles. The van der Waals surface area contributed by atoms with Crippen molar-refractivity contribution in [2.45, 2.75) is 13.3 Å². The molecule has 0 aliphatic carbocycles. The number of allylic oxidation sites excluding steroid dienone is 2. The zero-order chi connectivity index (χ0) is 6.48. The summed E-state index contributed by atoms with van der Waals surface area (Å²) in [6, 6.07) is 0. The Morgan fingerprint density at radius 1 is 1.67 bits per heavy atom. The normalized spacial score (nSPS) is 37.6. The van der Waals surface area contributed by atoms with Gasteiger partial charge in [-0.05, 0) is 34.6 Å². The van der Waals surface area contributed by atoms with Crippen LogP contribution in [0.4, 0.5) is 0 Å². The lowest BCUT2D eigenvalue weighted by Gasteiger charge is -1.93. The first kappa shape index (κ1) is 5.60. The Kier molecular flexibility index (Phi) is 0.907. The second-order valence-electron chi connectivity index (χ2n) is 2.96. The molecule has 2 heterocycles. The van der Waals surface area contributed by atoms with Gasteiger partial charge in [0.25, 0.3) is 0 Å². The Labute approximate surface area is 57.1 Å². The Hall–Kier alpha value is -0.170. The predicted octanol–water partition coefficient (Wildman–Crippen LogP) is 1.76. The molecular weight excluding hydrogens is 128 g/mol. The van der Waals surface area contributed by atoms with Crippen LogP contribution in [0.3, 0.4) is 0 Å². The highest BCUT2D eigenvalue weighted by Gasteiger charge is 2.24. The van der Waals surface area contributed by atoms with Crippen molar-refractivity contribution in [1.29, 1.82) is 0 Å². The van der Waals surface area contributed by atoms with Gasteiger partial charge in [-0.2, -0.15) is 9.21 Å². The van der Waals surface area contributed by atoms with Gasteiger partial charge in [-0.1, -0.05) is 6.92 Å². The van der Waals surface area contributed by atoms with Gasteiger partial charge < -0.3 is 0 Å². The van der Waals surface area contributed by atoms with Crippen molar-refractivity contribution in [3.05, 3.63) is 11.6 Å². The fourth-order valence-electron chi connectivity index (χ4n) is 1.32. The van der Waals surface area contributed by atoms with E-state index in [0.717, 1.165) is 0 Å². The summed E-state index contributed by atoms with van der Waals surface area (Å²) in [5.74, 6) is 1.41. The van der Waals surface area contributed by atoms with Crippen LogP contribution in [-0.2, 0) is 0 Å². The van der Waals surface area contributed by atoms with Crippen LogP contribution in [0.25, 0.3) is 0 Å². The number of hydrogen-bond acceptors (Lipinski definition) is 0. The molecule has 0 nitrogen and oxygen atoms in total. The van der Waals surface area contributed by atoms with Crippen molar-refractivity contribution >= 4 is 19.4 Å². The van der Waals surface area contributed by atoms with Crippen molar-refractivity contribution < 1.29 is 0 Å². The van der Waals surface area contributed by atoms with Crippen molar-refractivity contribution in [2.24, 2.45) is 0 Å². The molecule has 0 radical (unpaired) electrons. The average molecular weight is 140 g/mol. The lowest BCUT2D eigenvalue weighted by molar-refractivity contribution is 1.19. The smallest absolute Gasteiger partial charge is 0.0141 e. The molecule has 0 saturated heterocycles. The molecule has 0 aromatic rings. The van der Waals surface area contributed by atoms with Gasteiger partial charge in [0.2, 0.25) is 0 Å². The maximum atomic E-state index is 2.50. The summed E-state index contributed by atoms with van der Waals surface area (Å²) in [6.07, 6.45) is 6.03. The van der Waals surface area contributed by atoms with Crippen molar-refractivity contribution in [2.75, 3.05) is 12.0 Å². The molecule has 1 atom stereocenters. The van der Waals surface area contributed by atoms with Crippen LogP contribution in [0.1, 0.15) is 13.3 Å². The van der Waals surface area contributed by atoms with Gasteiger partial charge in [0.1, 0.15) is 0 Å². The molecule has 1 heteroatoms. The van der Waals surface area contributed by atoms with E-state index in [1.54, 1.807) is 10.4 Å². The second kappa shape index (κ2) is 1.46. The lowest BCUT2D eigenvalue weighted by Crippen LogP contribution is -1.84. The van der Waals surface area contributed by atoms with Crippen LogP contribution in [0, 0.1) is 0 Å². The molecule has 0 fully saturated rings. The molecule has 0 spiro atoms. The van der Waals surface area contributed by atoms with E-state index in [1.807, 2.05) is 0 Å². The predicted molar refractivity (Wildman–Crippen MR) is 47.8 cm³/mol. The molecule has 9 heavy (non-hydrogen) atoms. The summed E-state index contributed by atoms with van der Waals surface area (Å²) in [5, 5.41) is 2.50.